The molecular formula is C18H16N4OS. The molecule has 4 rings (SSSR count). The second-order valence-electron chi connectivity index (χ2n) is 5.78. The fourth-order valence-corrected chi connectivity index (χ4v) is 3.77. The standard InChI is InChI=1S/C18H16N4OS/c1-22(10-16(23)20-18-21-19-11-24-18)17-14-8-4-2-6-12(14)13-7-3-5-9-15(13)17/h2-9,11,17H,10H2,1H3,(H,20,21,23). The lowest BCUT2D eigenvalue weighted by Gasteiger charge is -2.25. The van der Waals surface area contributed by atoms with E-state index in [-0.39, 0.29) is 18.5 Å². The second-order valence-corrected chi connectivity index (χ2v) is 6.62. The molecule has 1 N–H and O–H groups in total. The minimum atomic E-state index is -0.0869. The van der Waals surface area contributed by atoms with Crippen LogP contribution in [0.3, 0.4) is 0 Å². The lowest BCUT2D eigenvalue weighted by molar-refractivity contribution is -0.117. The Bertz CT molecular complexity index is 833. The van der Waals surface area contributed by atoms with E-state index in [2.05, 4.69) is 56.8 Å². The van der Waals surface area contributed by atoms with Crippen LogP contribution in [0, 0.1) is 0 Å². The normalized spacial score (nSPS) is 12.9. The third-order valence-electron chi connectivity index (χ3n) is 4.24. The summed E-state index contributed by atoms with van der Waals surface area (Å²) in [6.45, 7) is 0.285. The van der Waals surface area contributed by atoms with Crippen LogP contribution in [-0.2, 0) is 4.79 Å². The molecule has 1 amide bonds. The summed E-state index contributed by atoms with van der Waals surface area (Å²) in [6.07, 6.45) is 0. The van der Waals surface area contributed by atoms with Crippen LogP contribution in [0.4, 0.5) is 5.13 Å². The molecule has 1 aliphatic rings. The molecule has 0 saturated heterocycles. The third kappa shape index (κ3) is 2.60. The number of carbonyl (C=O) groups excluding carboxylic acids is 1. The molecule has 120 valence electrons. The minimum absolute atomic E-state index is 0.0811. The first-order valence-corrected chi connectivity index (χ1v) is 8.56. The summed E-state index contributed by atoms with van der Waals surface area (Å²) < 4.78 is 0. The first-order chi connectivity index (χ1) is 11.7. The molecule has 5 nitrogen and oxygen atoms in total. The maximum Gasteiger partial charge on any atom is 0.240 e. The summed E-state index contributed by atoms with van der Waals surface area (Å²) in [4.78, 5) is 14.4. The molecule has 1 aliphatic carbocycles. The van der Waals surface area contributed by atoms with Gasteiger partial charge in [0, 0.05) is 0 Å². The molecule has 0 atom stereocenters. The Morgan fingerprint density at radius 2 is 1.75 bits per heavy atom. The van der Waals surface area contributed by atoms with E-state index in [1.807, 2.05) is 19.2 Å². The van der Waals surface area contributed by atoms with Gasteiger partial charge in [-0.05, 0) is 29.3 Å². The zero-order chi connectivity index (χ0) is 16.5. The van der Waals surface area contributed by atoms with Crippen LogP contribution < -0.4 is 5.32 Å². The largest absolute Gasteiger partial charge is 0.299 e. The van der Waals surface area contributed by atoms with Crippen molar-refractivity contribution in [2.24, 2.45) is 0 Å². The van der Waals surface area contributed by atoms with Crippen LogP contribution in [0.15, 0.2) is 54.0 Å². The van der Waals surface area contributed by atoms with Gasteiger partial charge in [-0.2, -0.15) is 0 Å². The molecule has 24 heavy (non-hydrogen) atoms. The van der Waals surface area contributed by atoms with Gasteiger partial charge >= 0.3 is 0 Å². The zero-order valence-corrected chi connectivity index (χ0v) is 14.0. The van der Waals surface area contributed by atoms with Crippen molar-refractivity contribution in [3.63, 3.8) is 0 Å². The maximum atomic E-state index is 12.3. The summed E-state index contributed by atoms with van der Waals surface area (Å²) in [5.41, 5.74) is 6.57. The molecule has 0 aliphatic heterocycles. The Kier molecular flexibility index (Phi) is 3.84. The fourth-order valence-electron chi connectivity index (χ4n) is 3.31. The summed E-state index contributed by atoms with van der Waals surface area (Å²) in [6, 6.07) is 16.8. The number of nitrogens with zero attached hydrogens (tertiary/aromatic N) is 3. The molecule has 6 heteroatoms. The lowest BCUT2D eigenvalue weighted by Crippen LogP contribution is -2.33. The number of amides is 1. The first-order valence-electron chi connectivity index (χ1n) is 7.68. The molecule has 0 fully saturated rings. The van der Waals surface area contributed by atoms with Crippen molar-refractivity contribution in [3.8, 4) is 11.1 Å². The quantitative estimate of drug-likeness (QED) is 0.795. The Morgan fingerprint density at radius 3 is 2.33 bits per heavy atom. The van der Waals surface area contributed by atoms with Gasteiger partial charge in [0.1, 0.15) is 5.51 Å². The van der Waals surface area contributed by atoms with Gasteiger partial charge in [-0.1, -0.05) is 59.9 Å². The number of nitrogens with one attached hydrogen (secondary N) is 1. The number of carbonyl (C=O) groups is 1. The molecule has 1 aromatic heterocycles. The van der Waals surface area contributed by atoms with Gasteiger partial charge in [-0.25, -0.2) is 0 Å². The third-order valence-corrected chi connectivity index (χ3v) is 4.85. The number of hydrogen-bond donors (Lipinski definition) is 1. The van der Waals surface area contributed by atoms with Gasteiger partial charge in [0.05, 0.1) is 12.6 Å². The Hall–Kier alpha value is -2.57. The van der Waals surface area contributed by atoms with Gasteiger partial charge in [0.15, 0.2) is 0 Å². The number of aromatic nitrogens is 2. The van der Waals surface area contributed by atoms with Crippen molar-refractivity contribution < 1.29 is 4.79 Å². The highest BCUT2D eigenvalue weighted by Crippen LogP contribution is 2.45. The fraction of sp³-hybridized carbons (Fsp3) is 0.167. The van der Waals surface area contributed by atoms with Crippen LogP contribution in [0.25, 0.3) is 11.1 Å². The lowest BCUT2D eigenvalue weighted by atomic mass is 10.0. The maximum absolute atomic E-state index is 12.3. The SMILES string of the molecule is CN(CC(=O)Nc1nncs1)C1c2ccccc2-c2ccccc21. The summed E-state index contributed by atoms with van der Waals surface area (Å²) in [5.74, 6) is -0.0869. The van der Waals surface area contributed by atoms with E-state index in [1.165, 1.54) is 33.6 Å². The van der Waals surface area contributed by atoms with E-state index in [0.717, 1.165) is 0 Å². The van der Waals surface area contributed by atoms with Crippen LogP contribution in [0.5, 0.6) is 0 Å². The van der Waals surface area contributed by atoms with Gasteiger partial charge in [0.2, 0.25) is 11.0 Å². The molecule has 1 heterocycles. The summed E-state index contributed by atoms with van der Waals surface area (Å²) >= 11 is 1.32. The van der Waals surface area contributed by atoms with Gasteiger partial charge < -0.3 is 0 Å². The van der Waals surface area contributed by atoms with Crippen molar-refractivity contribution in [1.29, 1.82) is 0 Å². The van der Waals surface area contributed by atoms with Crippen LogP contribution in [-0.4, -0.2) is 34.6 Å². The van der Waals surface area contributed by atoms with Crippen LogP contribution in [0.1, 0.15) is 17.2 Å². The zero-order valence-electron chi connectivity index (χ0n) is 13.1. The Balaban J connectivity index is 1.60. The number of anilines is 1. The molecule has 0 bridgehead atoms. The van der Waals surface area contributed by atoms with Gasteiger partial charge in [-0.3, -0.25) is 15.0 Å². The smallest absolute Gasteiger partial charge is 0.240 e. The highest BCUT2D eigenvalue weighted by atomic mass is 32.1. The van der Waals surface area contributed by atoms with Crippen LogP contribution >= 0.6 is 11.3 Å². The van der Waals surface area contributed by atoms with Gasteiger partial charge in [0.25, 0.3) is 0 Å². The monoisotopic (exact) mass is 336 g/mol. The molecule has 0 saturated carbocycles. The molecule has 2 aromatic carbocycles. The summed E-state index contributed by atoms with van der Waals surface area (Å²) in [5, 5.41) is 10.9. The van der Waals surface area contributed by atoms with E-state index < -0.39 is 0 Å². The van der Waals surface area contributed by atoms with Crippen LogP contribution in [0.2, 0.25) is 0 Å². The highest BCUT2D eigenvalue weighted by Gasteiger charge is 2.31. The number of hydrogen-bond acceptors (Lipinski definition) is 5. The van der Waals surface area contributed by atoms with E-state index in [1.54, 1.807) is 5.51 Å². The van der Waals surface area contributed by atoms with E-state index >= 15 is 0 Å². The Labute approximate surface area is 144 Å². The predicted octanol–water partition coefficient (Wildman–Crippen LogP) is 3.18. The average molecular weight is 336 g/mol. The second kappa shape index (κ2) is 6.14. The number of fused-ring (bicyclic) bond motifs is 3. The van der Waals surface area contributed by atoms with Crippen molar-refractivity contribution in [1.82, 2.24) is 15.1 Å². The van der Waals surface area contributed by atoms with Crippen molar-refractivity contribution in [2.75, 3.05) is 18.9 Å². The van der Waals surface area contributed by atoms with Crippen molar-refractivity contribution >= 4 is 22.4 Å². The molecule has 0 radical (unpaired) electrons. The average Bonchev–Trinajstić information content (AvgIpc) is 3.20. The number of rotatable bonds is 4. The molecular weight excluding hydrogens is 320 g/mol. The van der Waals surface area contributed by atoms with Gasteiger partial charge in [-0.15, -0.1) is 10.2 Å². The number of benzene rings is 2. The molecule has 0 unspecified atom stereocenters. The first kappa shape index (κ1) is 15.0. The Morgan fingerprint density at radius 1 is 1.12 bits per heavy atom. The molecule has 3 aromatic rings. The minimum Gasteiger partial charge on any atom is -0.299 e. The molecule has 0 spiro atoms. The van der Waals surface area contributed by atoms with Crippen molar-refractivity contribution in [2.45, 2.75) is 6.04 Å². The predicted molar refractivity (Wildman–Crippen MR) is 94.9 cm³/mol. The van der Waals surface area contributed by atoms with E-state index in [4.69, 9.17) is 0 Å². The van der Waals surface area contributed by atoms with E-state index in [9.17, 15) is 4.79 Å². The highest BCUT2D eigenvalue weighted by molar-refractivity contribution is 7.13. The van der Waals surface area contributed by atoms with E-state index in [0.29, 0.717) is 5.13 Å². The van der Waals surface area contributed by atoms with Crippen molar-refractivity contribution in [3.05, 3.63) is 65.2 Å². The number of likely N-dealkylation sites (N-methyl/N-ethyl adjacent to an activating group) is 1. The summed E-state index contributed by atoms with van der Waals surface area (Å²) in [7, 11) is 1.98. The topological polar surface area (TPSA) is 58.1 Å².